The van der Waals surface area contributed by atoms with Crippen molar-refractivity contribution in [3.8, 4) is 11.5 Å². The fraction of sp³-hybridized carbons (Fsp3) is 0.714. The Morgan fingerprint density at radius 1 is 1.07 bits per heavy atom. The Bertz CT molecular complexity index is 670. The summed E-state index contributed by atoms with van der Waals surface area (Å²) < 4.78 is 30.3. The van der Waals surface area contributed by atoms with Gasteiger partial charge in [-0.1, -0.05) is 41.5 Å². The van der Waals surface area contributed by atoms with Crippen molar-refractivity contribution in [2.75, 3.05) is 19.1 Å². The lowest BCUT2D eigenvalue weighted by atomic mass is 10.1. The Labute approximate surface area is 179 Å². The van der Waals surface area contributed by atoms with Crippen LogP contribution in [0.3, 0.4) is 0 Å². The first-order valence-electron chi connectivity index (χ1n) is 10.1. The smallest absolute Gasteiger partial charge is 0.349 e. The van der Waals surface area contributed by atoms with Crippen LogP contribution in [0.4, 0.5) is 0 Å². The van der Waals surface area contributed by atoms with E-state index in [0.717, 1.165) is 0 Å². The Morgan fingerprint density at radius 2 is 1.66 bits per heavy atom. The lowest BCUT2D eigenvalue weighted by molar-refractivity contribution is -0.119. The molecule has 0 spiro atoms. The highest BCUT2D eigenvalue weighted by Crippen LogP contribution is 2.55. The van der Waals surface area contributed by atoms with Gasteiger partial charge in [-0.2, -0.15) is 0 Å². The van der Waals surface area contributed by atoms with Crippen LogP contribution in [0.15, 0.2) is 24.3 Å². The number of fused-ring (bicyclic) bond motifs is 1. The molecule has 29 heavy (non-hydrogen) atoms. The minimum Gasteiger partial charge on any atom is -0.492 e. The molecule has 4 atom stereocenters. The molecule has 164 valence electrons. The molecule has 2 fully saturated rings. The molecule has 1 N–H and O–H groups in total. The largest absolute Gasteiger partial charge is 0.492 e. The summed E-state index contributed by atoms with van der Waals surface area (Å²) in [7, 11) is -2.68. The van der Waals surface area contributed by atoms with Crippen molar-refractivity contribution in [1.82, 2.24) is 0 Å². The van der Waals surface area contributed by atoms with Crippen LogP contribution < -0.4 is 9.47 Å². The van der Waals surface area contributed by atoms with E-state index in [1.54, 1.807) is 24.3 Å². The molecule has 2 aliphatic heterocycles. The average molecular weight is 445 g/mol. The fourth-order valence-corrected chi connectivity index (χ4v) is 9.37. The summed E-state index contributed by atoms with van der Waals surface area (Å²) in [5, 5.41) is 10.6. The molecule has 0 bridgehead atoms. The number of rotatable bonds is 5. The minimum absolute atomic E-state index is 0.159. The summed E-state index contributed by atoms with van der Waals surface area (Å²) in [6.45, 7) is 13.7. The van der Waals surface area contributed by atoms with Gasteiger partial charge in [0, 0.05) is 10.1 Å². The molecule has 0 aliphatic carbocycles. The molecule has 0 radical (unpaired) electrons. The second-order valence-electron chi connectivity index (χ2n) is 9.67. The first kappa shape index (κ1) is 22.8. The lowest BCUT2D eigenvalue weighted by Gasteiger charge is -2.53. The second-order valence-corrected chi connectivity index (χ2v) is 14.8. The molecule has 3 rings (SSSR count). The number of ether oxygens (including phenoxy) is 3. The van der Waals surface area contributed by atoms with Gasteiger partial charge in [-0.05, 0) is 24.3 Å². The van der Waals surface area contributed by atoms with Gasteiger partial charge in [0.25, 0.3) is 0 Å². The summed E-state index contributed by atoms with van der Waals surface area (Å²) in [5.74, 6) is 1.73. The molecule has 2 heterocycles. The SMILES string of the molecule is CC(C)(C)[Si]1(C(C)(C)C)OC[C@H]2O[C@H](Oc3ccc(OCCCl)cc3)[C@@H](O)[C@@H]2O1. The highest BCUT2D eigenvalue weighted by molar-refractivity contribution is 6.73. The van der Waals surface area contributed by atoms with Crippen molar-refractivity contribution >= 4 is 20.2 Å². The molecule has 0 unspecified atom stereocenters. The van der Waals surface area contributed by atoms with E-state index in [-0.39, 0.29) is 16.2 Å². The number of benzene rings is 1. The van der Waals surface area contributed by atoms with E-state index in [9.17, 15) is 5.11 Å². The van der Waals surface area contributed by atoms with Crippen molar-refractivity contribution < 1.29 is 28.2 Å². The number of hydrogen-bond acceptors (Lipinski definition) is 6. The maximum atomic E-state index is 10.9. The van der Waals surface area contributed by atoms with Gasteiger partial charge in [0.05, 0.1) is 12.5 Å². The number of alkyl halides is 1. The predicted octanol–water partition coefficient (Wildman–Crippen LogP) is 4.23. The maximum absolute atomic E-state index is 10.9. The van der Waals surface area contributed by atoms with Gasteiger partial charge in [-0.25, -0.2) is 0 Å². The summed E-state index contributed by atoms with van der Waals surface area (Å²) in [4.78, 5) is 0. The predicted molar refractivity (Wildman–Crippen MR) is 114 cm³/mol. The zero-order valence-electron chi connectivity index (χ0n) is 18.1. The Morgan fingerprint density at radius 3 is 2.21 bits per heavy atom. The average Bonchev–Trinajstić information content (AvgIpc) is 2.94. The van der Waals surface area contributed by atoms with E-state index < -0.39 is 27.1 Å². The standard InChI is InChI=1S/C21H33ClO6Si/c1-20(2,3)29(21(4,5)6)25-13-16-18(28-29)17(23)19(27-16)26-15-9-7-14(8-10-15)24-12-11-22/h7-10,16-19,23H,11-13H2,1-6H3/t16-,17+,18-,19+/m1/s1. The van der Waals surface area contributed by atoms with Crippen LogP contribution in [-0.2, 0) is 13.6 Å². The van der Waals surface area contributed by atoms with E-state index in [1.165, 1.54) is 0 Å². The number of hydrogen-bond donors (Lipinski definition) is 1. The minimum atomic E-state index is -2.68. The Balaban J connectivity index is 1.71. The van der Waals surface area contributed by atoms with Crippen LogP contribution in [0, 0.1) is 0 Å². The summed E-state index contributed by atoms with van der Waals surface area (Å²) in [6.07, 6.45) is -2.53. The zero-order chi connectivity index (χ0) is 21.4. The topological polar surface area (TPSA) is 66.4 Å². The van der Waals surface area contributed by atoms with Crippen molar-refractivity contribution in [2.24, 2.45) is 0 Å². The lowest BCUT2D eigenvalue weighted by Crippen LogP contribution is -2.65. The van der Waals surface area contributed by atoms with Gasteiger partial charge in [-0.15, -0.1) is 11.6 Å². The number of aliphatic hydroxyl groups excluding tert-OH is 1. The van der Waals surface area contributed by atoms with Gasteiger partial charge in [0.15, 0.2) is 0 Å². The molecule has 2 saturated heterocycles. The summed E-state index contributed by atoms with van der Waals surface area (Å²) >= 11 is 5.63. The summed E-state index contributed by atoms with van der Waals surface area (Å²) in [5.41, 5.74) is 0. The molecule has 0 amide bonds. The normalized spacial score (nSPS) is 29.4. The molecule has 0 aromatic heterocycles. The van der Waals surface area contributed by atoms with Crippen molar-refractivity contribution in [3.63, 3.8) is 0 Å². The van der Waals surface area contributed by atoms with Crippen LogP contribution in [0.2, 0.25) is 10.1 Å². The summed E-state index contributed by atoms with van der Waals surface area (Å²) in [6, 6.07) is 7.16. The third-order valence-corrected chi connectivity index (χ3v) is 10.7. The maximum Gasteiger partial charge on any atom is 0.349 e. The molecule has 2 aliphatic rings. The quantitative estimate of drug-likeness (QED) is 0.541. The van der Waals surface area contributed by atoms with Crippen LogP contribution in [0.25, 0.3) is 0 Å². The zero-order valence-corrected chi connectivity index (χ0v) is 19.9. The van der Waals surface area contributed by atoms with Crippen LogP contribution in [0.5, 0.6) is 11.5 Å². The van der Waals surface area contributed by atoms with Gasteiger partial charge in [0.1, 0.15) is 36.4 Å². The Hall–Kier alpha value is -0.833. The second kappa shape index (κ2) is 8.36. The monoisotopic (exact) mass is 444 g/mol. The van der Waals surface area contributed by atoms with Crippen LogP contribution in [-0.4, -0.2) is 57.4 Å². The fourth-order valence-electron chi connectivity index (χ4n) is 4.32. The van der Waals surface area contributed by atoms with Crippen LogP contribution in [0.1, 0.15) is 41.5 Å². The molecular weight excluding hydrogens is 412 g/mol. The number of halogens is 1. The molecular formula is C21H33ClO6Si. The first-order chi connectivity index (χ1) is 13.5. The van der Waals surface area contributed by atoms with E-state index in [2.05, 4.69) is 41.5 Å². The van der Waals surface area contributed by atoms with E-state index >= 15 is 0 Å². The number of aliphatic hydroxyl groups is 1. The van der Waals surface area contributed by atoms with E-state index in [0.29, 0.717) is 30.6 Å². The highest BCUT2D eigenvalue weighted by atomic mass is 35.5. The highest BCUT2D eigenvalue weighted by Gasteiger charge is 2.65. The third-order valence-electron chi connectivity index (χ3n) is 5.44. The molecule has 1 aromatic rings. The first-order valence-corrected chi connectivity index (χ1v) is 12.4. The Kier molecular flexibility index (Phi) is 6.59. The van der Waals surface area contributed by atoms with Crippen molar-refractivity contribution in [1.29, 1.82) is 0 Å². The van der Waals surface area contributed by atoms with Gasteiger partial charge in [0.2, 0.25) is 6.29 Å². The van der Waals surface area contributed by atoms with Crippen molar-refractivity contribution in [3.05, 3.63) is 24.3 Å². The van der Waals surface area contributed by atoms with Gasteiger partial charge >= 0.3 is 8.56 Å². The molecule has 0 saturated carbocycles. The van der Waals surface area contributed by atoms with Crippen molar-refractivity contribution in [2.45, 2.75) is 76.2 Å². The van der Waals surface area contributed by atoms with E-state index in [1.807, 2.05) is 0 Å². The third kappa shape index (κ3) is 4.45. The molecule has 1 aromatic carbocycles. The molecule has 8 heteroatoms. The van der Waals surface area contributed by atoms with Gasteiger partial charge in [-0.3, -0.25) is 0 Å². The molecule has 6 nitrogen and oxygen atoms in total. The van der Waals surface area contributed by atoms with Gasteiger partial charge < -0.3 is 28.2 Å². The van der Waals surface area contributed by atoms with E-state index in [4.69, 9.17) is 34.7 Å². The van der Waals surface area contributed by atoms with Crippen LogP contribution >= 0.6 is 11.6 Å².